The molecule has 3 N–H and O–H groups in total. The van der Waals surface area contributed by atoms with Crippen molar-refractivity contribution in [2.75, 3.05) is 11.9 Å². The van der Waals surface area contributed by atoms with E-state index in [1.807, 2.05) is 18.2 Å². The first-order chi connectivity index (χ1) is 16.0. The number of fused-ring (bicyclic) bond motifs is 2. The molecule has 170 valence electrons. The number of aromatic amines is 1. The van der Waals surface area contributed by atoms with Crippen LogP contribution in [0.25, 0.3) is 10.9 Å². The molecule has 7 nitrogen and oxygen atoms in total. The molecule has 0 radical (unpaired) electrons. The van der Waals surface area contributed by atoms with E-state index in [1.165, 1.54) is 35.4 Å². The van der Waals surface area contributed by atoms with Crippen molar-refractivity contribution in [3.63, 3.8) is 0 Å². The predicted molar refractivity (Wildman–Crippen MR) is 131 cm³/mol. The number of terminal acetylenes is 1. The van der Waals surface area contributed by atoms with Crippen molar-refractivity contribution < 1.29 is 14.2 Å². The van der Waals surface area contributed by atoms with Crippen molar-refractivity contribution in [1.82, 2.24) is 15.5 Å². The molecule has 0 spiro atoms. The Kier molecular flexibility index (Phi) is 7.47. The zero-order valence-corrected chi connectivity index (χ0v) is 19.9. The van der Waals surface area contributed by atoms with Crippen molar-refractivity contribution in [3.05, 3.63) is 44.5 Å². The third kappa shape index (κ3) is 5.83. The third-order valence-corrected chi connectivity index (χ3v) is 6.86. The zero-order chi connectivity index (χ0) is 23.2. The van der Waals surface area contributed by atoms with E-state index in [0.29, 0.717) is 23.5 Å². The second kappa shape index (κ2) is 10.7. The Bertz CT molecular complexity index is 1290. The van der Waals surface area contributed by atoms with E-state index in [9.17, 15) is 9.59 Å². The molecule has 4 rings (SSSR count). The van der Waals surface area contributed by atoms with Crippen LogP contribution in [-0.4, -0.2) is 28.6 Å². The van der Waals surface area contributed by atoms with E-state index < -0.39 is 0 Å². The summed E-state index contributed by atoms with van der Waals surface area (Å²) in [6, 6.07) is 8.10. The molecule has 0 atom stereocenters. The lowest BCUT2D eigenvalue weighted by Crippen LogP contribution is -2.41. The summed E-state index contributed by atoms with van der Waals surface area (Å²) < 4.78 is 2.84. The summed E-state index contributed by atoms with van der Waals surface area (Å²) in [6.45, 7) is 0.999. The molecule has 1 aliphatic rings. The number of hydrogen-bond acceptors (Lipinski definition) is 5. The smallest absolute Gasteiger partial charge is 0.224 e. The average Bonchev–Trinajstić information content (AvgIpc) is 3.22. The van der Waals surface area contributed by atoms with Gasteiger partial charge in [0.05, 0.1) is 0 Å². The van der Waals surface area contributed by atoms with E-state index in [1.54, 1.807) is 0 Å². The van der Waals surface area contributed by atoms with Gasteiger partial charge in [0.2, 0.25) is 23.9 Å². The van der Waals surface area contributed by atoms with Gasteiger partial charge in [-0.2, -0.15) is 9.67 Å². The van der Waals surface area contributed by atoms with Gasteiger partial charge in [0.1, 0.15) is 5.01 Å². The van der Waals surface area contributed by atoms with Crippen LogP contribution in [-0.2, 0) is 35.4 Å². The van der Waals surface area contributed by atoms with Crippen LogP contribution < -0.4 is 15.2 Å². The van der Waals surface area contributed by atoms with Crippen molar-refractivity contribution in [3.8, 4) is 12.3 Å². The molecule has 2 aromatic heterocycles. The van der Waals surface area contributed by atoms with Gasteiger partial charge < -0.3 is 10.6 Å². The molecule has 0 saturated heterocycles. The van der Waals surface area contributed by atoms with Crippen LogP contribution in [0, 0.1) is 16.3 Å². The van der Waals surface area contributed by atoms with Crippen LogP contribution in [0.1, 0.15) is 41.9 Å². The zero-order valence-electron chi connectivity index (χ0n) is 18.3. The number of pyridine rings is 1. The number of carbonyl (C=O) groups is 2. The Morgan fingerprint density at radius 2 is 2.03 bits per heavy atom. The van der Waals surface area contributed by atoms with Crippen molar-refractivity contribution in [2.45, 2.75) is 51.5 Å². The Morgan fingerprint density at radius 1 is 1.21 bits per heavy atom. The monoisotopic (exact) mass is 480 g/mol. The second-order valence-electron chi connectivity index (χ2n) is 8.04. The van der Waals surface area contributed by atoms with Gasteiger partial charge >= 0.3 is 0 Å². The Balaban J connectivity index is 1.34. The molecule has 0 bridgehead atoms. The third-order valence-electron chi connectivity index (χ3n) is 5.71. The average molecular weight is 481 g/mol. The molecular formula is C24H26N5O2S2+. The molecule has 3 aromatic rings. The summed E-state index contributed by atoms with van der Waals surface area (Å²) in [5, 5.41) is 14.4. The number of hydrogen-bond donors (Lipinski definition) is 3. The van der Waals surface area contributed by atoms with Gasteiger partial charge in [0.25, 0.3) is 0 Å². The Hall–Kier alpha value is -3.09. The molecule has 0 fully saturated rings. The summed E-state index contributed by atoms with van der Waals surface area (Å²) in [4.78, 5) is 24.5. The molecule has 1 aliphatic carbocycles. The first-order valence-corrected chi connectivity index (χ1v) is 12.3. The topological polar surface area (TPSA) is 90.8 Å². The van der Waals surface area contributed by atoms with Gasteiger partial charge in [0, 0.05) is 54.9 Å². The highest BCUT2D eigenvalue weighted by molar-refractivity contribution is 7.73. The highest BCUT2D eigenvalue weighted by Crippen LogP contribution is 2.25. The standard InChI is InChI=1S/C24H25N5O2S2/c1-2-13-29-19-6-4-3-5-16(19)14-17-15-18(7-8-20(17)29)26-22(31)10-9-21(30)25-12-11-23-27-28-24(32)33-23/h1,7-8,14-15H,3-6,9-13H2,(H2-,25,26,28,30,31,32)/p+1. The van der Waals surface area contributed by atoms with Crippen LogP contribution in [0.2, 0.25) is 0 Å². The summed E-state index contributed by atoms with van der Waals surface area (Å²) in [5.74, 6) is 2.42. The molecule has 1 aromatic carbocycles. The van der Waals surface area contributed by atoms with Gasteiger partial charge in [-0.25, -0.2) is 0 Å². The van der Waals surface area contributed by atoms with E-state index in [4.69, 9.17) is 18.6 Å². The molecule has 2 amide bonds. The van der Waals surface area contributed by atoms with E-state index >= 15 is 0 Å². The largest absolute Gasteiger partial charge is 0.356 e. The summed E-state index contributed by atoms with van der Waals surface area (Å²) in [6.07, 6.45) is 11.0. The van der Waals surface area contributed by atoms with Gasteiger partial charge in [-0.05, 0) is 55.6 Å². The number of aromatic nitrogens is 3. The van der Waals surface area contributed by atoms with E-state index in [0.717, 1.165) is 34.4 Å². The summed E-state index contributed by atoms with van der Waals surface area (Å²) >= 11 is 6.38. The van der Waals surface area contributed by atoms with Crippen molar-refractivity contribution in [2.24, 2.45) is 0 Å². The minimum Gasteiger partial charge on any atom is -0.356 e. The Labute approximate surface area is 201 Å². The Morgan fingerprint density at radius 3 is 2.82 bits per heavy atom. The first-order valence-electron chi connectivity index (χ1n) is 11.1. The van der Waals surface area contributed by atoms with E-state index in [-0.39, 0.29) is 24.7 Å². The maximum atomic E-state index is 12.4. The number of aryl methyl sites for hydroxylation is 1. The maximum absolute atomic E-state index is 12.4. The van der Waals surface area contributed by atoms with Crippen LogP contribution in [0.4, 0.5) is 5.69 Å². The molecule has 0 aliphatic heterocycles. The number of rotatable bonds is 8. The molecule has 33 heavy (non-hydrogen) atoms. The number of carbonyl (C=O) groups excluding carboxylic acids is 2. The molecule has 0 saturated carbocycles. The van der Waals surface area contributed by atoms with Crippen LogP contribution in [0.5, 0.6) is 0 Å². The van der Waals surface area contributed by atoms with Gasteiger partial charge in [-0.15, -0.1) is 6.42 Å². The lowest BCUT2D eigenvalue weighted by Gasteiger charge is -2.16. The van der Waals surface area contributed by atoms with Crippen LogP contribution in [0.3, 0.4) is 0 Å². The van der Waals surface area contributed by atoms with Crippen molar-refractivity contribution in [1.29, 1.82) is 0 Å². The summed E-state index contributed by atoms with van der Waals surface area (Å²) in [7, 11) is 0. The highest BCUT2D eigenvalue weighted by atomic mass is 32.1. The maximum Gasteiger partial charge on any atom is 0.224 e. The minimum atomic E-state index is -0.191. The fraction of sp³-hybridized carbons (Fsp3) is 0.375. The fourth-order valence-corrected chi connectivity index (χ4v) is 5.13. The second-order valence-corrected chi connectivity index (χ2v) is 9.79. The molecule has 9 heteroatoms. The quantitative estimate of drug-likeness (QED) is 0.262. The minimum absolute atomic E-state index is 0.118. The number of benzene rings is 1. The predicted octanol–water partition coefficient (Wildman–Crippen LogP) is 3.23. The van der Waals surface area contributed by atoms with Crippen LogP contribution in [0.15, 0.2) is 24.3 Å². The van der Waals surface area contributed by atoms with E-state index in [2.05, 4.69) is 37.4 Å². The number of anilines is 1. The van der Waals surface area contributed by atoms with Gasteiger partial charge in [0.15, 0.2) is 9.65 Å². The van der Waals surface area contributed by atoms with Crippen LogP contribution >= 0.6 is 23.6 Å². The number of H-pyrrole nitrogens is 1. The highest BCUT2D eigenvalue weighted by Gasteiger charge is 2.23. The first kappa shape index (κ1) is 23.1. The number of nitrogens with one attached hydrogen (secondary N) is 3. The van der Waals surface area contributed by atoms with Gasteiger partial charge in [-0.3, -0.25) is 14.7 Å². The molecule has 0 unspecified atom stereocenters. The summed E-state index contributed by atoms with van der Waals surface area (Å²) in [5.41, 5.74) is 4.46. The number of amides is 2. The SMILES string of the molecule is C#CC[n+]1c2c(cc3cc(NC(=O)CCC(=O)NCCc4n[nH]c(=S)s4)ccc31)CCCC2. The number of nitrogens with zero attached hydrogens (tertiary/aromatic N) is 2. The van der Waals surface area contributed by atoms with Gasteiger partial charge in [-0.1, -0.05) is 11.3 Å². The normalized spacial score (nSPS) is 12.7. The molecular weight excluding hydrogens is 454 g/mol. The fourth-order valence-electron chi connectivity index (χ4n) is 4.19. The lowest BCUT2D eigenvalue weighted by atomic mass is 9.94. The lowest BCUT2D eigenvalue weighted by molar-refractivity contribution is -0.667. The van der Waals surface area contributed by atoms with Crippen molar-refractivity contribution >= 4 is 52.0 Å². The molecule has 2 heterocycles.